The molecule has 0 saturated heterocycles. The molecule has 0 radical (unpaired) electrons. The third-order valence-electron chi connectivity index (χ3n) is 3.07. The monoisotopic (exact) mass is 343 g/mol. The molecule has 9 heteroatoms. The minimum absolute atomic E-state index is 0.0352. The number of aldehydes is 1. The van der Waals surface area contributed by atoms with E-state index in [0.29, 0.717) is 25.8 Å². The minimum atomic E-state index is -1.07. The van der Waals surface area contributed by atoms with Gasteiger partial charge in [0.2, 0.25) is 17.7 Å². The topological polar surface area (TPSA) is 142 Å². The largest absolute Gasteiger partial charge is 0.481 e. The van der Waals surface area contributed by atoms with E-state index in [2.05, 4.69) is 16.0 Å². The summed E-state index contributed by atoms with van der Waals surface area (Å²) in [5, 5.41) is 16.0. The van der Waals surface area contributed by atoms with Crippen LogP contribution in [-0.4, -0.2) is 54.2 Å². The zero-order valence-electron chi connectivity index (χ0n) is 13.8. The van der Waals surface area contributed by atoms with E-state index in [0.717, 1.165) is 6.29 Å². The smallest absolute Gasteiger partial charge is 0.303 e. The van der Waals surface area contributed by atoms with Gasteiger partial charge >= 0.3 is 5.97 Å². The number of hydrogen-bond acceptors (Lipinski definition) is 5. The van der Waals surface area contributed by atoms with Crippen LogP contribution >= 0.6 is 0 Å². The standard InChI is InChI=1S/C15H25N3O6/c1-2-16-15(24)11(7-8-14(22)23)18-13(21)10-17-12(20)6-4-3-5-9-19/h9,11H,2-8,10H2,1H3,(H,16,24)(H,17,20)(H,18,21)(H,22,23). The number of hydrogen-bond donors (Lipinski definition) is 4. The van der Waals surface area contributed by atoms with Gasteiger partial charge in [-0.1, -0.05) is 0 Å². The molecule has 136 valence electrons. The number of amides is 3. The van der Waals surface area contributed by atoms with Gasteiger partial charge in [-0.3, -0.25) is 19.2 Å². The Bertz CT molecular complexity index is 452. The predicted molar refractivity (Wildman–Crippen MR) is 85.0 cm³/mol. The Morgan fingerprint density at radius 1 is 1.04 bits per heavy atom. The van der Waals surface area contributed by atoms with Crippen molar-refractivity contribution in [3.05, 3.63) is 0 Å². The highest BCUT2D eigenvalue weighted by atomic mass is 16.4. The summed E-state index contributed by atoms with van der Waals surface area (Å²) in [5.41, 5.74) is 0. The van der Waals surface area contributed by atoms with Gasteiger partial charge in [0.25, 0.3) is 0 Å². The summed E-state index contributed by atoms with van der Waals surface area (Å²) in [6, 6.07) is -0.960. The summed E-state index contributed by atoms with van der Waals surface area (Å²) in [4.78, 5) is 55.8. The highest BCUT2D eigenvalue weighted by Crippen LogP contribution is 1.99. The quantitative estimate of drug-likeness (QED) is 0.258. The minimum Gasteiger partial charge on any atom is -0.481 e. The van der Waals surface area contributed by atoms with E-state index in [4.69, 9.17) is 5.11 Å². The average Bonchev–Trinajstić information content (AvgIpc) is 2.53. The number of carboxylic acid groups (broad SMARTS) is 1. The van der Waals surface area contributed by atoms with Crippen molar-refractivity contribution < 1.29 is 29.1 Å². The molecule has 4 N–H and O–H groups in total. The summed E-state index contributed by atoms with van der Waals surface area (Å²) in [7, 11) is 0. The summed E-state index contributed by atoms with van der Waals surface area (Å²) >= 11 is 0. The molecule has 0 bridgehead atoms. The van der Waals surface area contributed by atoms with E-state index in [1.165, 1.54) is 0 Å². The van der Waals surface area contributed by atoms with Crippen molar-refractivity contribution in [1.82, 2.24) is 16.0 Å². The summed E-state index contributed by atoms with van der Waals surface area (Å²) in [5.74, 6) is -2.43. The molecular weight excluding hydrogens is 318 g/mol. The number of aliphatic carboxylic acids is 1. The van der Waals surface area contributed by atoms with Gasteiger partial charge in [0.15, 0.2) is 0 Å². The van der Waals surface area contributed by atoms with Gasteiger partial charge in [-0.15, -0.1) is 0 Å². The maximum Gasteiger partial charge on any atom is 0.303 e. The lowest BCUT2D eigenvalue weighted by Gasteiger charge is -2.17. The van der Waals surface area contributed by atoms with Crippen LogP contribution in [0, 0.1) is 0 Å². The number of likely N-dealkylation sites (N-methyl/N-ethyl adjacent to an activating group) is 1. The molecule has 1 unspecified atom stereocenters. The Balaban J connectivity index is 4.24. The van der Waals surface area contributed by atoms with Crippen LogP contribution < -0.4 is 16.0 Å². The number of rotatable bonds is 13. The first-order valence-electron chi connectivity index (χ1n) is 7.89. The first kappa shape index (κ1) is 21.6. The molecule has 0 aromatic rings. The fourth-order valence-electron chi connectivity index (χ4n) is 1.86. The predicted octanol–water partition coefficient (Wildman–Crippen LogP) is -0.652. The molecule has 0 aliphatic heterocycles. The van der Waals surface area contributed by atoms with Gasteiger partial charge in [0.05, 0.1) is 6.54 Å². The Hall–Kier alpha value is -2.45. The molecule has 0 spiro atoms. The molecule has 0 rings (SSSR count). The molecule has 9 nitrogen and oxygen atoms in total. The van der Waals surface area contributed by atoms with Crippen LogP contribution in [-0.2, 0) is 24.0 Å². The van der Waals surface area contributed by atoms with Gasteiger partial charge in [0, 0.05) is 25.8 Å². The van der Waals surface area contributed by atoms with Crippen LogP contribution in [0.4, 0.5) is 0 Å². The van der Waals surface area contributed by atoms with Crippen molar-refractivity contribution in [2.75, 3.05) is 13.1 Å². The van der Waals surface area contributed by atoms with Crippen LogP contribution in [0.25, 0.3) is 0 Å². The molecule has 0 saturated carbocycles. The highest BCUT2D eigenvalue weighted by molar-refractivity contribution is 5.90. The number of unbranched alkanes of at least 4 members (excludes halogenated alkanes) is 2. The molecular formula is C15H25N3O6. The van der Waals surface area contributed by atoms with Crippen molar-refractivity contribution in [2.24, 2.45) is 0 Å². The van der Waals surface area contributed by atoms with Gasteiger partial charge in [0.1, 0.15) is 12.3 Å². The molecule has 0 aromatic heterocycles. The zero-order valence-corrected chi connectivity index (χ0v) is 13.8. The second kappa shape index (κ2) is 13.0. The number of carboxylic acids is 1. The summed E-state index contributed by atoms with van der Waals surface area (Å²) < 4.78 is 0. The average molecular weight is 343 g/mol. The van der Waals surface area contributed by atoms with Crippen molar-refractivity contribution in [1.29, 1.82) is 0 Å². The first-order chi connectivity index (χ1) is 11.4. The van der Waals surface area contributed by atoms with Crippen molar-refractivity contribution in [3.63, 3.8) is 0 Å². The molecule has 0 heterocycles. The maximum absolute atomic E-state index is 11.8. The Labute approximate surface area is 140 Å². The fraction of sp³-hybridized carbons (Fsp3) is 0.667. The van der Waals surface area contributed by atoms with Crippen LogP contribution in [0.1, 0.15) is 45.4 Å². The second-order valence-corrected chi connectivity index (χ2v) is 5.14. The molecule has 0 aromatic carbocycles. The van der Waals surface area contributed by atoms with Crippen LogP contribution in [0.15, 0.2) is 0 Å². The SMILES string of the molecule is CCNC(=O)C(CCC(=O)O)NC(=O)CNC(=O)CCCCC=O. The van der Waals surface area contributed by atoms with E-state index < -0.39 is 23.8 Å². The van der Waals surface area contributed by atoms with Crippen molar-refractivity contribution in [3.8, 4) is 0 Å². The van der Waals surface area contributed by atoms with Crippen molar-refractivity contribution >= 4 is 30.0 Å². The molecule has 0 aliphatic carbocycles. The number of carbonyl (C=O) groups excluding carboxylic acids is 4. The summed E-state index contributed by atoms with van der Waals surface area (Å²) in [6.45, 7) is 1.77. The van der Waals surface area contributed by atoms with E-state index in [1.54, 1.807) is 6.92 Å². The third kappa shape index (κ3) is 11.2. The van der Waals surface area contributed by atoms with E-state index in [9.17, 15) is 24.0 Å². The molecule has 3 amide bonds. The van der Waals surface area contributed by atoms with Gasteiger partial charge in [-0.2, -0.15) is 0 Å². The Kier molecular flexibility index (Phi) is 11.7. The molecule has 0 fully saturated rings. The molecule has 1 atom stereocenters. The zero-order chi connectivity index (χ0) is 18.4. The lowest BCUT2D eigenvalue weighted by molar-refractivity contribution is -0.137. The number of carbonyl (C=O) groups is 5. The molecule has 24 heavy (non-hydrogen) atoms. The van der Waals surface area contributed by atoms with E-state index in [1.807, 2.05) is 0 Å². The van der Waals surface area contributed by atoms with Gasteiger partial charge in [-0.05, 0) is 26.2 Å². The lowest BCUT2D eigenvalue weighted by atomic mass is 10.1. The van der Waals surface area contributed by atoms with Crippen LogP contribution in [0.3, 0.4) is 0 Å². The summed E-state index contributed by atoms with van der Waals surface area (Å²) in [6.07, 6.45) is 2.25. The first-order valence-corrected chi connectivity index (χ1v) is 7.89. The van der Waals surface area contributed by atoms with E-state index >= 15 is 0 Å². The Morgan fingerprint density at radius 2 is 1.75 bits per heavy atom. The maximum atomic E-state index is 11.8. The van der Waals surface area contributed by atoms with Crippen LogP contribution in [0.2, 0.25) is 0 Å². The lowest BCUT2D eigenvalue weighted by Crippen LogP contribution is -2.49. The van der Waals surface area contributed by atoms with Gasteiger partial charge < -0.3 is 25.9 Å². The van der Waals surface area contributed by atoms with E-state index in [-0.39, 0.29) is 31.7 Å². The normalized spacial score (nSPS) is 11.2. The molecule has 0 aliphatic rings. The van der Waals surface area contributed by atoms with Crippen molar-refractivity contribution in [2.45, 2.75) is 51.5 Å². The van der Waals surface area contributed by atoms with Gasteiger partial charge in [-0.25, -0.2) is 0 Å². The Morgan fingerprint density at radius 3 is 2.33 bits per heavy atom. The number of nitrogens with one attached hydrogen (secondary N) is 3. The highest BCUT2D eigenvalue weighted by Gasteiger charge is 2.21. The van der Waals surface area contributed by atoms with Crippen LogP contribution in [0.5, 0.6) is 0 Å². The third-order valence-corrected chi connectivity index (χ3v) is 3.07. The fourth-order valence-corrected chi connectivity index (χ4v) is 1.86. The second-order valence-electron chi connectivity index (χ2n) is 5.14.